The smallest absolute Gasteiger partial charge is 0.112 e. The van der Waals surface area contributed by atoms with Crippen molar-refractivity contribution in [3.63, 3.8) is 0 Å². The van der Waals surface area contributed by atoms with Crippen LogP contribution in [0.5, 0.6) is 0 Å². The van der Waals surface area contributed by atoms with Crippen LogP contribution in [0.25, 0.3) is 11.0 Å². The minimum Gasteiger partial charge on any atom is -0.299 e. The molecule has 4 nitrogen and oxygen atoms in total. The predicted molar refractivity (Wildman–Crippen MR) is 76.5 cm³/mol. The van der Waals surface area contributed by atoms with Crippen LogP contribution in [0.15, 0.2) is 24.3 Å². The lowest BCUT2D eigenvalue weighted by Gasteiger charge is -2.28. The molecule has 2 rings (SSSR count). The Balaban J connectivity index is 0.000000180. The molecule has 0 aliphatic carbocycles. The summed E-state index contributed by atoms with van der Waals surface area (Å²) in [6.07, 6.45) is 0. The average Bonchev–Trinajstić information content (AvgIpc) is 2.77. The molecule has 0 unspecified atom stereocenters. The Labute approximate surface area is 109 Å². The van der Waals surface area contributed by atoms with Crippen LogP contribution in [0.4, 0.5) is 0 Å². The number of fused-ring (bicyclic) bond motifs is 1. The molecule has 0 saturated heterocycles. The van der Waals surface area contributed by atoms with E-state index in [9.17, 15) is 0 Å². The second kappa shape index (κ2) is 7.11. The van der Waals surface area contributed by atoms with Crippen molar-refractivity contribution in [1.29, 1.82) is 0 Å². The summed E-state index contributed by atoms with van der Waals surface area (Å²) in [7, 11) is 0. The maximum atomic E-state index is 3.88. The third kappa shape index (κ3) is 4.11. The highest BCUT2D eigenvalue weighted by Gasteiger charge is 2.08. The fourth-order valence-electron chi connectivity index (χ4n) is 2.11. The molecule has 4 heteroatoms. The van der Waals surface area contributed by atoms with Crippen LogP contribution in [0.1, 0.15) is 34.6 Å². The minimum atomic E-state index is 0.690. The fourth-order valence-corrected chi connectivity index (χ4v) is 2.11. The van der Waals surface area contributed by atoms with Crippen LogP contribution < -0.4 is 0 Å². The van der Waals surface area contributed by atoms with Crippen LogP contribution in [-0.2, 0) is 0 Å². The monoisotopic (exact) mass is 248 g/mol. The highest BCUT2D eigenvalue weighted by molar-refractivity contribution is 5.72. The number of benzene rings is 1. The fraction of sp³-hybridized carbons (Fsp3) is 0.571. The van der Waals surface area contributed by atoms with Crippen molar-refractivity contribution in [1.82, 2.24) is 20.3 Å². The average molecular weight is 248 g/mol. The molecule has 0 amide bonds. The van der Waals surface area contributed by atoms with E-state index in [-0.39, 0.29) is 0 Å². The van der Waals surface area contributed by atoms with E-state index in [0.29, 0.717) is 12.1 Å². The number of nitrogens with zero attached hydrogens (tertiary/aromatic N) is 3. The lowest BCUT2D eigenvalue weighted by Crippen LogP contribution is -2.36. The van der Waals surface area contributed by atoms with E-state index < -0.39 is 0 Å². The first kappa shape index (κ1) is 14.6. The molecule has 1 N–H and O–H groups in total. The van der Waals surface area contributed by atoms with Crippen LogP contribution in [-0.4, -0.2) is 38.9 Å². The number of para-hydroxylation sites is 2. The lowest BCUT2D eigenvalue weighted by molar-refractivity contribution is 0.185. The van der Waals surface area contributed by atoms with Gasteiger partial charge in [0.2, 0.25) is 0 Å². The summed E-state index contributed by atoms with van der Waals surface area (Å²) in [5, 5.41) is 10.3. The maximum Gasteiger partial charge on any atom is 0.112 e. The first-order valence-corrected chi connectivity index (χ1v) is 6.57. The summed E-state index contributed by atoms with van der Waals surface area (Å²) in [6, 6.07) is 9.08. The van der Waals surface area contributed by atoms with E-state index in [1.165, 1.54) is 0 Å². The van der Waals surface area contributed by atoms with Crippen LogP contribution >= 0.6 is 0 Å². The van der Waals surface area contributed by atoms with Crippen LogP contribution in [0, 0.1) is 0 Å². The molecule has 1 heterocycles. The van der Waals surface area contributed by atoms with E-state index in [0.717, 1.165) is 17.6 Å². The normalized spacial score (nSPS) is 11.1. The van der Waals surface area contributed by atoms with Gasteiger partial charge in [-0.05, 0) is 46.4 Å². The Morgan fingerprint density at radius 2 is 1.44 bits per heavy atom. The van der Waals surface area contributed by atoms with E-state index >= 15 is 0 Å². The Bertz CT molecular complexity index is 410. The van der Waals surface area contributed by atoms with Gasteiger partial charge in [-0.1, -0.05) is 19.1 Å². The van der Waals surface area contributed by atoms with Crippen molar-refractivity contribution in [2.45, 2.75) is 46.7 Å². The summed E-state index contributed by atoms with van der Waals surface area (Å²) < 4.78 is 0. The molecule has 1 aromatic heterocycles. The molecule has 1 aromatic carbocycles. The van der Waals surface area contributed by atoms with Gasteiger partial charge in [0, 0.05) is 12.1 Å². The largest absolute Gasteiger partial charge is 0.299 e. The molecule has 100 valence electrons. The zero-order valence-corrected chi connectivity index (χ0v) is 12.0. The standard InChI is InChI=1S/C8H19N.C6H5N3/c1-6-9(7(2)3)8(4)5;1-2-4-6-5(3-1)7-9-8-6/h7-8H,6H2,1-5H3;1-4H,(H,7,8,9). The maximum absolute atomic E-state index is 3.88. The van der Waals surface area contributed by atoms with Crippen LogP contribution in [0.2, 0.25) is 0 Å². The highest BCUT2D eigenvalue weighted by Crippen LogP contribution is 2.03. The molecule has 18 heavy (non-hydrogen) atoms. The molecule has 0 spiro atoms. The van der Waals surface area contributed by atoms with Gasteiger partial charge in [0.15, 0.2) is 0 Å². The van der Waals surface area contributed by atoms with Gasteiger partial charge >= 0.3 is 0 Å². The number of aromatic amines is 1. The van der Waals surface area contributed by atoms with Crippen molar-refractivity contribution >= 4 is 11.0 Å². The minimum absolute atomic E-state index is 0.690. The van der Waals surface area contributed by atoms with E-state index in [1.807, 2.05) is 24.3 Å². The van der Waals surface area contributed by atoms with Crippen molar-refractivity contribution in [2.75, 3.05) is 6.54 Å². The Hall–Kier alpha value is -1.42. The third-order valence-electron chi connectivity index (χ3n) is 2.91. The molecule has 0 aliphatic rings. The van der Waals surface area contributed by atoms with Crippen molar-refractivity contribution in [3.05, 3.63) is 24.3 Å². The van der Waals surface area contributed by atoms with Gasteiger partial charge in [-0.2, -0.15) is 15.4 Å². The second-order valence-electron chi connectivity index (χ2n) is 4.83. The third-order valence-corrected chi connectivity index (χ3v) is 2.91. The molecule has 0 saturated carbocycles. The Morgan fingerprint density at radius 1 is 1.00 bits per heavy atom. The molecule has 0 fully saturated rings. The predicted octanol–water partition coefficient (Wildman–Crippen LogP) is 3.08. The van der Waals surface area contributed by atoms with Crippen molar-refractivity contribution in [3.8, 4) is 0 Å². The number of hydrogen-bond donors (Lipinski definition) is 1. The van der Waals surface area contributed by atoms with E-state index in [4.69, 9.17) is 0 Å². The Morgan fingerprint density at radius 3 is 1.72 bits per heavy atom. The van der Waals surface area contributed by atoms with Gasteiger partial charge in [-0.25, -0.2) is 0 Å². The zero-order chi connectivity index (χ0) is 13.5. The van der Waals surface area contributed by atoms with Gasteiger partial charge in [0.25, 0.3) is 0 Å². The first-order valence-electron chi connectivity index (χ1n) is 6.57. The van der Waals surface area contributed by atoms with Crippen molar-refractivity contribution < 1.29 is 0 Å². The summed E-state index contributed by atoms with van der Waals surface area (Å²) in [5.41, 5.74) is 1.83. The van der Waals surface area contributed by atoms with Gasteiger partial charge in [0.1, 0.15) is 11.0 Å². The van der Waals surface area contributed by atoms with Gasteiger partial charge in [-0.15, -0.1) is 0 Å². The SMILES string of the molecule is CCN(C(C)C)C(C)C.c1ccc2n[nH]nc2c1. The quantitative estimate of drug-likeness (QED) is 0.908. The van der Waals surface area contributed by atoms with E-state index in [2.05, 4.69) is 54.9 Å². The highest BCUT2D eigenvalue weighted by atomic mass is 15.3. The van der Waals surface area contributed by atoms with E-state index in [1.54, 1.807) is 0 Å². The molecular formula is C14H24N4. The summed E-state index contributed by atoms with van der Waals surface area (Å²) >= 11 is 0. The van der Waals surface area contributed by atoms with Crippen molar-refractivity contribution in [2.24, 2.45) is 0 Å². The molecule has 0 atom stereocenters. The van der Waals surface area contributed by atoms with Gasteiger partial charge < -0.3 is 0 Å². The molecule has 0 bridgehead atoms. The summed E-state index contributed by atoms with van der Waals surface area (Å²) in [6.45, 7) is 12.3. The number of nitrogens with one attached hydrogen (secondary N) is 1. The summed E-state index contributed by atoms with van der Waals surface area (Å²) in [5.74, 6) is 0. The number of hydrogen-bond acceptors (Lipinski definition) is 3. The van der Waals surface area contributed by atoms with Crippen LogP contribution in [0.3, 0.4) is 0 Å². The second-order valence-corrected chi connectivity index (χ2v) is 4.83. The first-order chi connectivity index (χ1) is 8.56. The van der Waals surface area contributed by atoms with Gasteiger partial charge in [0.05, 0.1) is 0 Å². The number of rotatable bonds is 3. The molecule has 0 aliphatic heterocycles. The zero-order valence-electron chi connectivity index (χ0n) is 12.0. The molecule has 2 aromatic rings. The topological polar surface area (TPSA) is 44.8 Å². The molecule has 0 radical (unpaired) electrons. The van der Waals surface area contributed by atoms with Gasteiger partial charge in [-0.3, -0.25) is 4.90 Å². The Kier molecular flexibility index (Phi) is 5.78. The number of H-pyrrole nitrogens is 1. The summed E-state index contributed by atoms with van der Waals surface area (Å²) in [4.78, 5) is 2.46. The molecular weight excluding hydrogens is 224 g/mol. The number of aromatic nitrogens is 3. The lowest BCUT2D eigenvalue weighted by atomic mass is 10.2.